The summed E-state index contributed by atoms with van der Waals surface area (Å²) in [5.74, 6) is -0.186. The van der Waals surface area contributed by atoms with Crippen LogP contribution < -0.4 is 0 Å². The average molecular weight is 268 g/mol. The van der Waals surface area contributed by atoms with Gasteiger partial charge in [-0.15, -0.1) is 0 Å². The van der Waals surface area contributed by atoms with Crippen molar-refractivity contribution in [3.63, 3.8) is 0 Å². The highest BCUT2D eigenvalue weighted by Gasteiger charge is 2.05. The molecule has 1 amide bonds. The molecule has 0 atom stereocenters. The first-order valence-electron chi connectivity index (χ1n) is 3.87. The molecular formula is C8H14BrNO4. The molecule has 0 aromatic rings. The molecule has 82 valence electrons. The lowest BCUT2D eigenvalue weighted by molar-refractivity contribution is -0.168. The third-order valence-corrected chi connectivity index (χ3v) is 1.43. The minimum absolute atomic E-state index is 0.186. The van der Waals surface area contributed by atoms with Crippen molar-refractivity contribution in [2.24, 2.45) is 0 Å². The summed E-state index contributed by atoms with van der Waals surface area (Å²) in [5, 5.41) is 1.55. The quantitative estimate of drug-likeness (QED) is 0.415. The number of alkyl halides is 1. The van der Waals surface area contributed by atoms with Gasteiger partial charge in [-0.25, -0.2) is 5.06 Å². The molecule has 14 heavy (non-hydrogen) atoms. The number of amides is 1. The van der Waals surface area contributed by atoms with Crippen molar-refractivity contribution in [3.8, 4) is 0 Å². The van der Waals surface area contributed by atoms with E-state index < -0.39 is 0 Å². The molecule has 5 nitrogen and oxygen atoms in total. The SMILES string of the molecule is CON(C)C(=O)CCC=O.O=CCBr. The van der Waals surface area contributed by atoms with Gasteiger partial charge in [0.2, 0.25) is 5.91 Å². The summed E-state index contributed by atoms with van der Waals surface area (Å²) in [4.78, 5) is 34.3. The standard InChI is InChI=1S/C6H11NO3.C2H3BrO/c1-7(10-2)6(9)4-3-5-8;3-1-2-4/h5H,3-4H2,1-2H3;2H,1H2. The molecule has 0 saturated carbocycles. The van der Waals surface area contributed by atoms with Crippen LogP contribution in [0, 0.1) is 0 Å². The summed E-state index contributed by atoms with van der Waals surface area (Å²) in [6.45, 7) is 0. The van der Waals surface area contributed by atoms with E-state index >= 15 is 0 Å². The van der Waals surface area contributed by atoms with Crippen LogP contribution in [0.5, 0.6) is 0 Å². The number of rotatable bonds is 5. The highest BCUT2D eigenvalue weighted by Crippen LogP contribution is 1.92. The zero-order valence-electron chi connectivity index (χ0n) is 8.23. The van der Waals surface area contributed by atoms with E-state index in [0.29, 0.717) is 11.6 Å². The Labute approximate surface area is 91.5 Å². The Morgan fingerprint density at radius 1 is 1.43 bits per heavy atom. The molecule has 0 rings (SSSR count). The molecular weight excluding hydrogens is 254 g/mol. The fourth-order valence-electron chi connectivity index (χ4n) is 0.442. The minimum Gasteiger partial charge on any atom is -0.303 e. The molecule has 0 heterocycles. The van der Waals surface area contributed by atoms with Crippen LogP contribution in [-0.4, -0.2) is 43.0 Å². The van der Waals surface area contributed by atoms with Crippen molar-refractivity contribution < 1.29 is 19.2 Å². The zero-order chi connectivity index (χ0) is 11.4. The van der Waals surface area contributed by atoms with Crippen LogP contribution >= 0.6 is 15.9 Å². The highest BCUT2D eigenvalue weighted by molar-refractivity contribution is 9.09. The fraction of sp³-hybridized carbons (Fsp3) is 0.625. The van der Waals surface area contributed by atoms with E-state index in [1.165, 1.54) is 14.2 Å². The summed E-state index contributed by atoms with van der Waals surface area (Å²) >= 11 is 2.88. The average Bonchev–Trinajstić information content (AvgIpc) is 2.24. The molecule has 0 radical (unpaired) electrons. The number of hydrogen-bond acceptors (Lipinski definition) is 4. The van der Waals surface area contributed by atoms with Crippen molar-refractivity contribution in [2.45, 2.75) is 12.8 Å². The number of carbonyl (C=O) groups excluding carboxylic acids is 3. The van der Waals surface area contributed by atoms with Gasteiger partial charge in [0.15, 0.2) is 0 Å². The Morgan fingerprint density at radius 2 is 1.93 bits per heavy atom. The first-order valence-corrected chi connectivity index (χ1v) is 5.00. The first-order chi connectivity index (χ1) is 6.63. The number of carbonyl (C=O) groups is 3. The molecule has 0 spiro atoms. The molecule has 6 heteroatoms. The Balaban J connectivity index is 0. The van der Waals surface area contributed by atoms with Gasteiger partial charge in [0, 0.05) is 19.9 Å². The molecule has 0 aromatic carbocycles. The largest absolute Gasteiger partial charge is 0.303 e. The summed E-state index contributed by atoms with van der Waals surface area (Å²) < 4.78 is 0. The summed E-state index contributed by atoms with van der Waals surface area (Å²) in [6, 6.07) is 0. The number of halogens is 1. The summed E-state index contributed by atoms with van der Waals surface area (Å²) in [6.07, 6.45) is 1.97. The normalized spacial score (nSPS) is 8.21. The Bertz CT molecular complexity index is 175. The highest BCUT2D eigenvalue weighted by atomic mass is 79.9. The van der Waals surface area contributed by atoms with E-state index in [0.717, 1.165) is 11.3 Å². The van der Waals surface area contributed by atoms with Crippen molar-refractivity contribution in [1.82, 2.24) is 5.06 Å². The maximum absolute atomic E-state index is 10.8. The molecule has 0 aliphatic carbocycles. The fourth-order valence-corrected chi connectivity index (χ4v) is 0.442. The van der Waals surface area contributed by atoms with Crippen LogP contribution in [0.15, 0.2) is 0 Å². The predicted molar refractivity (Wildman–Crippen MR) is 54.9 cm³/mol. The van der Waals surface area contributed by atoms with Crippen molar-refractivity contribution in [1.29, 1.82) is 0 Å². The monoisotopic (exact) mass is 267 g/mol. The van der Waals surface area contributed by atoms with Gasteiger partial charge in [-0.05, 0) is 0 Å². The molecule has 0 N–H and O–H groups in total. The first kappa shape index (κ1) is 15.7. The van der Waals surface area contributed by atoms with E-state index in [1.807, 2.05) is 0 Å². The number of hydrogen-bond donors (Lipinski definition) is 0. The van der Waals surface area contributed by atoms with Crippen LogP contribution in [0.1, 0.15) is 12.8 Å². The van der Waals surface area contributed by atoms with Gasteiger partial charge < -0.3 is 9.59 Å². The zero-order valence-corrected chi connectivity index (χ0v) is 9.82. The Morgan fingerprint density at radius 3 is 2.21 bits per heavy atom. The van der Waals surface area contributed by atoms with Crippen molar-refractivity contribution >= 4 is 34.4 Å². The van der Waals surface area contributed by atoms with Crippen LogP contribution in [-0.2, 0) is 19.2 Å². The summed E-state index contributed by atoms with van der Waals surface area (Å²) in [5.41, 5.74) is 0. The van der Waals surface area contributed by atoms with Gasteiger partial charge in [-0.3, -0.25) is 9.63 Å². The van der Waals surface area contributed by atoms with E-state index in [9.17, 15) is 9.59 Å². The second kappa shape index (κ2) is 12.2. The van der Waals surface area contributed by atoms with Crippen LogP contribution in [0.3, 0.4) is 0 Å². The van der Waals surface area contributed by atoms with Gasteiger partial charge in [-0.2, -0.15) is 0 Å². The predicted octanol–water partition coefficient (Wildman–Crippen LogP) is 0.566. The van der Waals surface area contributed by atoms with E-state index in [2.05, 4.69) is 20.8 Å². The van der Waals surface area contributed by atoms with Gasteiger partial charge in [-0.1, -0.05) is 15.9 Å². The Hall–Kier alpha value is -0.750. The number of hydroxylamine groups is 2. The van der Waals surface area contributed by atoms with Crippen LogP contribution in [0.4, 0.5) is 0 Å². The maximum atomic E-state index is 10.8. The van der Waals surface area contributed by atoms with Crippen LogP contribution in [0.25, 0.3) is 0 Å². The van der Waals surface area contributed by atoms with E-state index in [4.69, 9.17) is 4.79 Å². The van der Waals surface area contributed by atoms with Gasteiger partial charge in [0.05, 0.1) is 12.4 Å². The van der Waals surface area contributed by atoms with Crippen LogP contribution in [0.2, 0.25) is 0 Å². The molecule has 0 bridgehead atoms. The molecule has 0 saturated heterocycles. The summed E-state index contributed by atoms with van der Waals surface area (Å²) in [7, 11) is 2.91. The smallest absolute Gasteiger partial charge is 0.246 e. The lowest BCUT2D eigenvalue weighted by Crippen LogP contribution is -2.24. The molecule has 0 aliphatic heterocycles. The molecule has 0 fully saturated rings. The topological polar surface area (TPSA) is 63.7 Å². The molecule has 0 aromatic heterocycles. The van der Waals surface area contributed by atoms with Gasteiger partial charge in [0.25, 0.3) is 0 Å². The second-order valence-corrected chi connectivity index (χ2v) is 2.75. The van der Waals surface area contributed by atoms with Gasteiger partial charge in [0.1, 0.15) is 12.6 Å². The van der Waals surface area contributed by atoms with E-state index in [1.54, 1.807) is 0 Å². The van der Waals surface area contributed by atoms with Crippen molar-refractivity contribution in [2.75, 3.05) is 19.5 Å². The van der Waals surface area contributed by atoms with Crippen molar-refractivity contribution in [3.05, 3.63) is 0 Å². The third kappa shape index (κ3) is 11.2. The third-order valence-electron chi connectivity index (χ3n) is 1.16. The van der Waals surface area contributed by atoms with Gasteiger partial charge >= 0.3 is 0 Å². The number of nitrogens with zero attached hydrogens (tertiary/aromatic N) is 1. The van der Waals surface area contributed by atoms with E-state index in [-0.39, 0.29) is 18.7 Å². The maximum Gasteiger partial charge on any atom is 0.246 e. The minimum atomic E-state index is -0.186. The second-order valence-electron chi connectivity index (χ2n) is 2.10. The lowest BCUT2D eigenvalue weighted by Gasteiger charge is -2.11. The lowest BCUT2D eigenvalue weighted by atomic mass is 10.3. The molecule has 0 unspecified atom stereocenters. The number of aldehydes is 2. The molecule has 0 aliphatic rings. The Kier molecular flexibility index (Phi) is 13.7.